The molecule has 0 atom stereocenters. The number of hydrogen-bond donors (Lipinski definition) is 0. The molecule has 3 rings (SSSR count). The molecule has 0 saturated heterocycles. The third-order valence-corrected chi connectivity index (χ3v) is 7.30. The summed E-state index contributed by atoms with van der Waals surface area (Å²) in [6, 6.07) is 1.48. The molecular weight excluding hydrogens is 435 g/mol. The van der Waals surface area contributed by atoms with Crippen molar-refractivity contribution in [3.8, 4) is 17.6 Å². The summed E-state index contributed by atoms with van der Waals surface area (Å²) in [6.07, 6.45) is 12.9. The fourth-order valence-electron chi connectivity index (χ4n) is 5.22. The lowest BCUT2D eigenvalue weighted by Crippen LogP contribution is -2.19. The number of rotatable bonds is 6. The minimum Gasteiger partial charge on any atom is -0.399 e. The lowest BCUT2D eigenvalue weighted by molar-refractivity contribution is -0.276. The van der Waals surface area contributed by atoms with E-state index in [9.17, 15) is 22.0 Å². The molecule has 1 aromatic rings. The van der Waals surface area contributed by atoms with Crippen LogP contribution in [0.15, 0.2) is 24.3 Å². The smallest absolute Gasteiger partial charge is 0.399 e. The molecule has 0 aliphatic heterocycles. The van der Waals surface area contributed by atoms with Crippen LogP contribution in [0.25, 0.3) is 0 Å². The van der Waals surface area contributed by atoms with Crippen molar-refractivity contribution in [1.29, 1.82) is 0 Å². The largest absolute Gasteiger partial charge is 0.573 e. The maximum atomic E-state index is 13.7. The predicted molar refractivity (Wildman–Crippen MR) is 119 cm³/mol. The van der Waals surface area contributed by atoms with Crippen molar-refractivity contribution >= 4 is 0 Å². The Morgan fingerprint density at radius 2 is 1.39 bits per heavy atom. The quantitative estimate of drug-likeness (QED) is 0.300. The van der Waals surface area contributed by atoms with Crippen LogP contribution < -0.4 is 4.74 Å². The zero-order valence-electron chi connectivity index (χ0n) is 19.2. The van der Waals surface area contributed by atoms with Gasteiger partial charge in [-0.05, 0) is 67.6 Å². The molecule has 0 amide bonds. The van der Waals surface area contributed by atoms with Gasteiger partial charge in [0, 0.05) is 5.56 Å². The van der Waals surface area contributed by atoms with Crippen LogP contribution >= 0.6 is 0 Å². The summed E-state index contributed by atoms with van der Waals surface area (Å²) in [5.74, 6) is 4.11. The zero-order valence-corrected chi connectivity index (χ0v) is 19.2. The van der Waals surface area contributed by atoms with Gasteiger partial charge in [-0.2, -0.15) is 0 Å². The number of halogens is 5. The molecule has 1 nitrogen and oxygen atoms in total. The molecule has 0 N–H and O–H groups in total. The summed E-state index contributed by atoms with van der Waals surface area (Å²) in [5.41, 5.74) is -0.0409. The van der Waals surface area contributed by atoms with E-state index in [1.807, 2.05) is 6.08 Å². The van der Waals surface area contributed by atoms with Crippen molar-refractivity contribution in [2.45, 2.75) is 83.9 Å². The third-order valence-electron chi connectivity index (χ3n) is 7.30. The highest BCUT2D eigenvalue weighted by molar-refractivity contribution is 5.42. The summed E-state index contributed by atoms with van der Waals surface area (Å²) >= 11 is 0. The fraction of sp³-hybridized carbons (Fsp3) is 0.630. The van der Waals surface area contributed by atoms with Crippen LogP contribution in [0.5, 0.6) is 5.75 Å². The zero-order chi connectivity index (χ0) is 23.8. The van der Waals surface area contributed by atoms with E-state index < -0.39 is 23.7 Å². The van der Waals surface area contributed by atoms with E-state index in [4.69, 9.17) is 0 Å². The minimum atomic E-state index is -5.16. The Labute approximate surface area is 193 Å². The van der Waals surface area contributed by atoms with Crippen molar-refractivity contribution in [1.82, 2.24) is 0 Å². The lowest BCUT2D eigenvalue weighted by Gasteiger charge is -2.31. The first-order valence-electron chi connectivity index (χ1n) is 12.2. The van der Waals surface area contributed by atoms with Gasteiger partial charge in [-0.1, -0.05) is 69.8 Å². The topological polar surface area (TPSA) is 9.23 Å². The summed E-state index contributed by atoms with van der Waals surface area (Å²) in [5, 5.41) is 0. The average molecular weight is 469 g/mol. The Kier molecular flexibility index (Phi) is 9.23. The molecule has 0 aromatic heterocycles. The number of allylic oxidation sites excluding steroid dienone is 2. The van der Waals surface area contributed by atoms with Crippen molar-refractivity contribution in [3.05, 3.63) is 41.5 Å². The molecule has 0 heterocycles. The minimum absolute atomic E-state index is 0.0409. The maximum absolute atomic E-state index is 13.7. The van der Waals surface area contributed by atoms with Gasteiger partial charge in [0.15, 0.2) is 11.6 Å². The summed E-state index contributed by atoms with van der Waals surface area (Å²) < 4.78 is 67.5. The van der Waals surface area contributed by atoms with Crippen LogP contribution in [0.3, 0.4) is 0 Å². The van der Waals surface area contributed by atoms with Gasteiger partial charge in [-0.25, -0.2) is 8.78 Å². The van der Waals surface area contributed by atoms with Gasteiger partial charge in [-0.3, -0.25) is 0 Å². The molecule has 6 heteroatoms. The van der Waals surface area contributed by atoms with Crippen LogP contribution in [0, 0.1) is 47.1 Å². The van der Waals surface area contributed by atoms with Gasteiger partial charge in [0.25, 0.3) is 0 Å². The summed E-state index contributed by atoms with van der Waals surface area (Å²) in [6.45, 7) is 2.30. The van der Waals surface area contributed by atoms with Gasteiger partial charge in [-0.15, -0.1) is 13.2 Å². The molecule has 0 radical (unpaired) electrons. The number of ether oxygens (including phenoxy) is 1. The summed E-state index contributed by atoms with van der Waals surface area (Å²) in [7, 11) is 0. The van der Waals surface area contributed by atoms with E-state index in [0.717, 1.165) is 42.7 Å². The maximum Gasteiger partial charge on any atom is 0.573 e. The number of benzene rings is 1. The van der Waals surface area contributed by atoms with Gasteiger partial charge in [0.2, 0.25) is 5.75 Å². The fourth-order valence-corrected chi connectivity index (χ4v) is 5.22. The second-order valence-electron chi connectivity index (χ2n) is 9.60. The molecule has 2 saturated carbocycles. The lowest BCUT2D eigenvalue weighted by atomic mass is 9.75. The first-order chi connectivity index (χ1) is 15.7. The van der Waals surface area contributed by atoms with Gasteiger partial charge < -0.3 is 4.74 Å². The number of hydrogen-bond acceptors (Lipinski definition) is 1. The predicted octanol–water partition coefficient (Wildman–Crippen LogP) is 8.57. The Morgan fingerprint density at radius 3 is 1.91 bits per heavy atom. The van der Waals surface area contributed by atoms with E-state index in [0.29, 0.717) is 5.92 Å². The highest BCUT2D eigenvalue weighted by Crippen LogP contribution is 2.37. The van der Waals surface area contributed by atoms with Crippen molar-refractivity contribution in [3.63, 3.8) is 0 Å². The third kappa shape index (κ3) is 8.36. The molecule has 33 heavy (non-hydrogen) atoms. The van der Waals surface area contributed by atoms with Crippen LogP contribution in [-0.4, -0.2) is 6.36 Å². The van der Waals surface area contributed by atoms with Crippen molar-refractivity contribution < 1.29 is 26.7 Å². The highest BCUT2D eigenvalue weighted by atomic mass is 19.4. The van der Waals surface area contributed by atoms with E-state index in [1.54, 1.807) is 6.08 Å². The Morgan fingerprint density at radius 1 is 0.879 bits per heavy atom. The average Bonchev–Trinajstić information content (AvgIpc) is 2.78. The molecule has 0 unspecified atom stereocenters. The Hall–Kier alpha value is -2.03. The molecule has 1 aromatic carbocycles. The molecule has 182 valence electrons. The SMILES string of the molecule is CC[C@H]1CC[C@H](CCC2CCC(/C=C/C#Cc3cc(F)c(OC(F)(F)F)c(F)c3)CC2)CC1. The number of alkyl halides is 3. The first-order valence-corrected chi connectivity index (χ1v) is 12.2. The van der Waals surface area contributed by atoms with Crippen molar-refractivity contribution in [2.24, 2.45) is 23.7 Å². The molecule has 0 spiro atoms. The van der Waals surface area contributed by atoms with Crippen LogP contribution in [0.2, 0.25) is 0 Å². The van der Waals surface area contributed by atoms with Crippen LogP contribution in [0.4, 0.5) is 22.0 Å². The van der Waals surface area contributed by atoms with Crippen LogP contribution in [0.1, 0.15) is 83.1 Å². The van der Waals surface area contributed by atoms with E-state index in [1.165, 1.54) is 57.8 Å². The van der Waals surface area contributed by atoms with Crippen LogP contribution in [-0.2, 0) is 0 Å². The normalized spacial score (nSPS) is 26.1. The molecule has 2 aliphatic carbocycles. The Bertz CT molecular complexity index is 824. The second kappa shape index (κ2) is 11.9. The van der Waals surface area contributed by atoms with Crippen molar-refractivity contribution in [2.75, 3.05) is 0 Å². The molecular formula is C27H33F5O. The Balaban J connectivity index is 1.41. The molecule has 0 bridgehead atoms. The van der Waals surface area contributed by atoms with E-state index in [-0.39, 0.29) is 5.56 Å². The highest BCUT2D eigenvalue weighted by Gasteiger charge is 2.34. The molecule has 2 fully saturated rings. The summed E-state index contributed by atoms with van der Waals surface area (Å²) in [4.78, 5) is 0. The van der Waals surface area contributed by atoms with E-state index >= 15 is 0 Å². The standard InChI is InChI=1S/C27H33F5O/c1-2-19-7-9-21(10-8-19)15-16-22-13-11-20(12-14-22)5-3-4-6-23-17-24(28)26(25(29)18-23)33-27(30,31)32/h3,5,17-22H,2,7-16H2,1H3/b5-3+/t19-,20?,21-,22?. The second-order valence-corrected chi connectivity index (χ2v) is 9.60. The monoisotopic (exact) mass is 468 g/mol. The molecule has 2 aliphatic rings. The van der Waals surface area contributed by atoms with E-state index in [2.05, 4.69) is 23.5 Å². The van der Waals surface area contributed by atoms with Gasteiger partial charge in [0.05, 0.1) is 0 Å². The first kappa shape index (κ1) is 25.6. The van der Waals surface area contributed by atoms with Gasteiger partial charge >= 0.3 is 6.36 Å². The van der Waals surface area contributed by atoms with Gasteiger partial charge in [0.1, 0.15) is 0 Å².